The van der Waals surface area contributed by atoms with E-state index in [2.05, 4.69) is 0 Å². The van der Waals surface area contributed by atoms with Gasteiger partial charge in [0.05, 0.1) is 23.1 Å². The van der Waals surface area contributed by atoms with Gasteiger partial charge in [0.25, 0.3) is 10.0 Å². The molecule has 2 atom stereocenters. The largest absolute Gasteiger partial charge is 0.390 e. The first-order chi connectivity index (χ1) is 12.6. The smallest absolute Gasteiger partial charge is 0.265 e. The summed E-state index contributed by atoms with van der Waals surface area (Å²) in [6, 6.07) is 16.9. The molecule has 156 valence electrons. The van der Waals surface area contributed by atoms with Crippen LogP contribution in [0.3, 0.4) is 0 Å². The van der Waals surface area contributed by atoms with Crippen molar-refractivity contribution < 1.29 is 18.4 Å². The second kappa shape index (κ2) is 10.3. The molecule has 2 aromatic carbocycles. The third-order valence-electron chi connectivity index (χ3n) is 3.83. The van der Waals surface area contributed by atoms with Gasteiger partial charge >= 0.3 is 0 Å². The standard InChI is InChI=1S/C20H28N2O4S.ClH/c1-20(2,3)26-22(27(24,25)17-12-8-5-9-13-17)15-19(23)18(21)14-16-10-6-4-7-11-16;/h4-13,18-19,23H,14-15,21H2,1-3H3;1H/t18-,19?;/m0./s1. The molecule has 28 heavy (non-hydrogen) atoms. The number of nitrogens with two attached hydrogens (primary N) is 1. The summed E-state index contributed by atoms with van der Waals surface area (Å²) < 4.78 is 26.8. The topological polar surface area (TPSA) is 92.9 Å². The van der Waals surface area contributed by atoms with Crippen molar-refractivity contribution in [1.82, 2.24) is 4.47 Å². The van der Waals surface area contributed by atoms with Crippen LogP contribution >= 0.6 is 12.4 Å². The van der Waals surface area contributed by atoms with E-state index in [9.17, 15) is 13.5 Å². The van der Waals surface area contributed by atoms with Crippen LogP contribution in [0.1, 0.15) is 26.3 Å². The van der Waals surface area contributed by atoms with Gasteiger partial charge in [-0.2, -0.15) is 0 Å². The first-order valence-corrected chi connectivity index (χ1v) is 10.3. The van der Waals surface area contributed by atoms with Gasteiger partial charge < -0.3 is 10.8 Å². The Kier molecular flexibility index (Phi) is 9.07. The Balaban J connectivity index is 0.00000392. The Morgan fingerprint density at radius 1 is 1.04 bits per heavy atom. The highest BCUT2D eigenvalue weighted by Gasteiger charge is 2.33. The molecule has 8 heteroatoms. The summed E-state index contributed by atoms with van der Waals surface area (Å²) in [6.07, 6.45) is -0.664. The number of rotatable bonds is 8. The molecule has 1 unspecified atom stereocenters. The Hall–Kier alpha value is -1.48. The number of aliphatic hydroxyl groups excluding tert-OH is 1. The molecule has 2 aromatic rings. The molecule has 0 aliphatic heterocycles. The number of hydrogen-bond acceptors (Lipinski definition) is 5. The van der Waals surface area contributed by atoms with Crippen molar-refractivity contribution in [1.29, 1.82) is 0 Å². The van der Waals surface area contributed by atoms with Gasteiger partial charge in [0, 0.05) is 6.04 Å². The zero-order valence-electron chi connectivity index (χ0n) is 16.4. The van der Waals surface area contributed by atoms with Gasteiger partial charge in [0.2, 0.25) is 0 Å². The molecule has 6 nitrogen and oxygen atoms in total. The Labute approximate surface area is 173 Å². The Morgan fingerprint density at radius 3 is 2.04 bits per heavy atom. The highest BCUT2D eigenvalue weighted by molar-refractivity contribution is 7.89. The van der Waals surface area contributed by atoms with E-state index in [1.807, 2.05) is 30.3 Å². The van der Waals surface area contributed by atoms with E-state index >= 15 is 0 Å². The van der Waals surface area contributed by atoms with Crippen LogP contribution in [0.5, 0.6) is 0 Å². The summed E-state index contributed by atoms with van der Waals surface area (Å²) in [6.45, 7) is 4.98. The minimum atomic E-state index is -3.94. The molecule has 0 aliphatic rings. The second-order valence-corrected chi connectivity index (χ2v) is 9.26. The predicted octanol–water partition coefficient (Wildman–Crippen LogP) is 2.76. The number of halogens is 1. The minimum Gasteiger partial charge on any atom is -0.390 e. The lowest BCUT2D eigenvalue weighted by Gasteiger charge is -2.31. The fourth-order valence-electron chi connectivity index (χ4n) is 2.51. The van der Waals surface area contributed by atoms with Gasteiger partial charge in [0.1, 0.15) is 0 Å². The number of hydroxylamine groups is 1. The van der Waals surface area contributed by atoms with Crippen LogP contribution in [-0.4, -0.2) is 42.3 Å². The zero-order chi connectivity index (χ0) is 20.1. The molecule has 0 radical (unpaired) electrons. The molecule has 0 saturated heterocycles. The van der Waals surface area contributed by atoms with Crippen LogP contribution in [-0.2, 0) is 21.3 Å². The van der Waals surface area contributed by atoms with E-state index < -0.39 is 27.8 Å². The quantitative estimate of drug-likeness (QED) is 0.630. The summed E-state index contributed by atoms with van der Waals surface area (Å²) in [5.74, 6) is 0. The van der Waals surface area contributed by atoms with Crippen LogP contribution in [0, 0.1) is 0 Å². The maximum atomic E-state index is 13.0. The van der Waals surface area contributed by atoms with E-state index in [0.29, 0.717) is 6.42 Å². The molecule has 0 saturated carbocycles. The maximum Gasteiger partial charge on any atom is 0.265 e. The van der Waals surface area contributed by atoms with E-state index in [-0.39, 0.29) is 23.8 Å². The third-order valence-corrected chi connectivity index (χ3v) is 5.46. The van der Waals surface area contributed by atoms with Gasteiger partial charge in [-0.1, -0.05) is 53.0 Å². The van der Waals surface area contributed by atoms with Gasteiger partial charge in [-0.25, -0.2) is 8.42 Å². The van der Waals surface area contributed by atoms with E-state index in [4.69, 9.17) is 10.6 Å². The van der Waals surface area contributed by atoms with Gasteiger partial charge in [-0.05, 0) is 44.9 Å². The van der Waals surface area contributed by atoms with Gasteiger partial charge in [-0.15, -0.1) is 12.4 Å². The van der Waals surface area contributed by atoms with E-state index in [0.717, 1.165) is 10.0 Å². The average molecular weight is 429 g/mol. The summed E-state index contributed by atoms with van der Waals surface area (Å²) in [7, 11) is -3.94. The van der Waals surface area contributed by atoms with E-state index in [1.54, 1.807) is 39.0 Å². The predicted molar refractivity (Wildman–Crippen MR) is 113 cm³/mol. The van der Waals surface area contributed by atoms with Crippen LogP contribution in [0.25, 0.3) is 0 Å². The SMILES string of the molecule is CC(C)(C)ON(CC(O)[C@@H](N)Cc1ccccc1)S(=O)(=O)c1ccccc1.Cl. The third kappa shape index (κ3) is 7.16. The van der Waals surface area contributed by atoms with Crippen LogP contribution in [0.15, 0.2) is 65.6 Å². The fourth-order valence-corrected chi connectivity index (χ4v) is 3.92. The number of aliphatic hydroxyl groups is 1. The molecule has 0 fully saturated rings. The molecule has 0 spiro atoms. The summed E-state index contributed by atoms with van der Waals surface area (Å²) >= 11 is 0. The lowest BCUT2D eigenvalue weighted by Crippen LogP contribution is -2.48. The summed E-state index contributed by atoms with van der Waals surface area (Å²) in [4.78, 5) is 5.75. The molecule has 0 heterocycles. The fraction of sp³-hybridized carbons (Fsp3) is 0.400. The van der Waals surface area contributed by atoms with Crippen molar-refractivity contribution >= 4 is 22.4 Å². The first kappa shape index (κ1) is 24.6. The first-order valence-electron chi connectivity index (χ1n) is 8.84. The van der Waals surface area contributed by atoms with Gasteiger partial charge in [-0.3, -0.25) is 4.84 Å². The molecular weight excluding hydrogens is 400 g/mol. The van der Waals surface area contributed by atoms with Crippen LogP contribution in [0.4, 0.5) is 0 Å². The lowest BCUT2D eigenvalue weighted by atomic mass is 10.0. The molecule has 0 aliphatic carbocycles. The van der Waals surface area contributed by atoms with E-state index in [1.165, 1.54) is 12.1 Å². The van der Waals surface area contributed by atoms with Crippen molar-refractivity contribution in [3.8, 4) is 0 Å². The monoisotopic (exact) mass is 428 g/mol. The Morgan fingerprint density at radius 2 is 1.54 bits per heavy atom. The van der Waals surface area contributed by atoms with Crippen molar-refractivity contribution in [2.24, 2.45) is 5.73 Å². The second-order valence-electron chi connectivity index (χ2n) is 7.43. The average Bonchev–Trinajstić information content (AvgIpc) is 2.61. The molecule has 0 aromatic heterocycles. The molecule has 0 amide bonds. The molecule has 2 rings (SSSR count). The van der Waals surface area contributed by atoms with Crippen molar-refractivity contribution in [3.05, 3.63) is 66.2 Å². The van der Waals surface area contributed by atoms with Crippen molar-refractivity contribution in [3.63, 3.8) is 0 Å². The van der Waals surface area contributed by atoms with Crippen LogP contribution < -0.4 is 5.73 Å². The molecular formula is C20H29ClN2O4S. The number of benzene rings is 2. The summed E-state index contributed by atoms with van der Waals surface area (Å²) in [5, 5.41) is 10.5. The highest BCUT2D eigenvalue weighted by atomic mass is 35.5. The Bertz CT molecular complexity index is 811. The lowest BCUT2D eigenvalue weighted by molar-refractivity contribution is -0.180. The normalized spacial score (nSPS) is 14.4. The highest BCUT2D eigenvalue weighted by Crippen LogP contribution is 2.21. The number of sulfonamides is 1. The maximum absolute atomic E-state index is 13.0. The van der Waals surface area contributed by atoms with Crippen molar-refractivity contribution in [2.45, 2.75) is 49.8 Å². The van der Waals surface area contributed by atoms with Crippen molar-refractivity contribution in [2.75, 3.05) is 6.54 Å². The van der Waals surface area contributed by atoms with Crippen LogP contribution in [0.2, 0.25) is 0 Å². The molecule has 3 N–H and O–H groups in total. The van der Waals surface area contributed by atoms with Gasteiger partial charge in [0.15, 0.2) is 0 Å². The number of nitrogens with zero attached hydrogens (tertiary/aromatic N) is 1. The number of hydrogen-bond donors (Lipinski definition) is 2. The minimum absolute atomic E-state index is 0. The molecule has 0 bridgehead atoms. The summed E-state index contributed by atoms with van der Waals surface area (Å²) in [5.41, 5.74) is 6.33. The zero-order valence-corrected chi connectivity index (χ0v) is 18.0.